The molecular formula is C17H20Cl2N2O2. The van der Waals surface area contributed by atoms with Crippen molar-refractivity contribution in [3.05, 3.63) is 64.7 Å². The Bertz CT molecular complexity index is 633. The normalized spacial score (nSPS) is 11.3. The Kier molecular flexibility index (Phi) is 7.89. The van der Waals surface area contributed by atoms with Gasteiger partial charge in [0, 0.05) is 12.1 Å². The largest absolute Gasteiger partial charge is 0.489 e. The van der Waals surface area contributed by atoms with Crippen molar-refractivity contribution in [1.29, 1.82) is 0 Å². The van der Waals surface area contributed by atoms with Crippen molar-refractivity contribution in [2.45, 2.75) is 19.1 Å². The van der Waals surface area contributed by atoms with Gasteiger partial charge in [-0.2, -0.15) is 0 Å². The van der Waals surface area contributed by atoms with Gasteiger partial charge in [0.05, 0.1) is 6.04 Å². The minimum absolute atomic E-state index is 0. The van der Waals surface area contributed by atoms with Gasteiger partial charge in [-0.05, 0) is 41.8 Å². The standard InChI is InChI=1S/C17H19ClN2O2.ClH/c1-20-17(21)16(19)10-12-5-7-15(8-6-12)22-11-13-3-2-4-14(18)9-13;/h2-9,16H,10-11,19H2,1H3,(H,20,21);1H. The smallest absolute Gasteiger partial charge is 0.237 e. The Balaban J connectivity index is 0.00000264. The molecule has 0 heterocycles. The SMILES string of the molecule is CNC(=O)C(N)Cc1ccc(OCc2cccc(Cl)c2)cc1.Cl. The molecule has 1 amide bonds. The van der Waals surface area contributed by atoms with E-state index in [1.807, 2.05) is 48.5 Å². The molecule has 124 valence electrons. The summed E-state index contributed by atoms with van der Waals surface area (Å²) >= 11 is 5.93. The van der Waals surface area contributed by atoms with Crippen LogP contribution in [0.1, 0.15) is 11.1 Å². The van der Waals surface area contributed by atoms with Crippen LogP contribution >= 0.6 is 24.0 Å². The fraction of sp³-hybridized carbons (Fsp3) is 0.235. The molecule has 1 atom stereocenters. The number of likely N-dealkylation sites (N-methyl/N-ethyl adjacent to an activating group) is 1. The third-order valence-corrected chi connectivity index (χ3v) is 3.49. The predicted octanol–water partition coefficient (Wildman–Crippen LogP) is 2.96. The molecule has 0 aliphatic heterocycles. The Morgan fingerprint density at radius 3 is 2.52 bits per heavy atom. The van der Waals surface area contributed by atoms with Gasteiger partial charge in [0.2, 0.25) is 5.91 Å². The summed E-state index contributed by atoms with van der Waals surface area (Å²) < 4.78 is 5.71. The number of hydrogen-bond acceptors (Lipinski definition) is 3. The molecule has 4 nitrogen and oxygen atoms in total. The zero-order valence-corrected chi connectivity index (χ0v) is 14.4. The Morgan fingerprint density at radius 1 is 1.22 bits per heavy atom. The minimum Gasteiger partial charge on any atom is -0.489 e. The lowest BCUT2D eigenvalue weighted by molar-refractivity contribution is -0.121. The van der Waals surface area contributed by atoms with Crippen molar-refractivity contribution in [2.75, 3.05) is 7.05 Å². The maximum Gasteiger partial charge on any atom is 0.237 e. The fourth-order valence-electron chi connectivity index (χ4n) is 2.05. The van der Waals surface area contributed by atoms with E-state index in [0.717, 1.165) is 16.9 Å². The van der Waals surface area contributed by atoms with E-state index in [2.05, 4.69) is 5.32 Å². The zero-order chi connectivity index (χ0) is 15.9. The molecule has 0 aliphatic rings. The van der Waals surface area contributed by atoms with Crippen LogP contribution in [0.2, 0.25) is 5.02 Å². The third kappa shape index (κ3) is 6.10. The van der Waals surface area contributed by atoms with Gasteiger partial charge in [-0.25, -0.2) is 0 Å². The van der Waals surface area contributed by atoms with Crippen LogP contribution in [0, 0.1) is 0 Å². The lowest BCUT2D eigenvalue weighted by Gasteiger charge is -2.11. The van der Waals surface area contributed by atoms with E-state index in [4.69, 9.17) is 22.1 Å². The first-order valence-corrected chi connectivity index (χ1v) is 7.39. The minimum atomic E-state index is -0.539. The van der Waals surface area contributed by atoms with Crippen LogP contribution in [0.3, 0.4) is 0 Å². The van der Waals surface area contributed by atoms with Gasteiger partial charge in [-0.15, -0.1) is 12.4 Å². The number of nitrogens with two attached hydrogens (primary N) is 1. The fourth-order valence-corrected chi connectivity index (χ4v) is 2.26. The molecule has 0 saturated heterocycles. The predicted molar refractivity (Wildman–Crippen MR) is 95.2 cm³/mol. The van der Waals surface area contributed by atoms with Crippen LogP contribution in [0.25, 0.3) is 0 Å². The molecule has 6 heteroatoms. The molecule has 3 N–H and O–H groups in total. The lowest BCUT2D eigenvalue weighted by Crippen LogP contribution is -2.40. The molecule has 0 fully saturated rings. The highest BCUT2D eigenvalue weighted by molar-refractivity contribution is 6.30. The summed E-state index contributed by atoms with van der Waals surface area (Å²) in [6.45, 7) is 0.456. The van der Waals surface area contributed by atoms with Crippen LogP contribution in [0.4, 0.5) is 0 Å². The molecule has 0 saturated carbocycles. The molecule has 2 aromatic carbocycles. The van der Waals surface area contributed by atoms with Crippen LogP contribution in [-0.4, -0.2) is 19.0 Å². The van der Waals surface area contributed by atoms with Crippen LogP contribution < -0.4 is 15.8 Å². The first-order valence-electron chi connectivity index (χ1n) is 7.02. The molecule has 2 rings (SSSR count). The van der Waals surface area contributed by atoms with Gasteiger partial charge in [0.15, 0.2) is 0 Å². The van der Waals surface area contributed by atoms with E-state index in [1.54, 1.807) is 7.05 Å². The summed E-state index contributed by atoms with van der Waals surface area (Å²) in [7, 11) is 1.58. The topological polar surface area (TPSA) is 64.4 Å². The Hall–Kier alpha value is -1.75. The molecule has 0 spiro atoms. The van der Waals surface area contributed by atoms with Crippen molar-refractivity contribution >= 4 is 29.9 Å². The van der Waals surface area contributed by atoms with Gasteiger partial charge in [0.25, 0.3) is 0 Å². The number of nitrogens with one attached hydrogen (secondary N) is 1. The maximum atomic E-state index is 11.4. The number of amides is 1. The van der Waals surface area contributed by atoms with Gasteiger partial charge >= 0.3 is 0 Å². The van der Waals surface area contributed by atoms with Gasteiger partial charge in [-0.1, -0.05) is 35.9 Å². The summed E-state index contributed by atoms with van der Waals surface area (Å²) in [6, 6.07) is 14.6. The summed E-state index contributed by atoms with van der Waals surface area (Å²) in [4.78, 5) is 11.4. The highest BCUT2D eigenvalue weighted by atomic mass is 35.5. The van der Waals surface area contributed by atoms with Crippen LogP contribution in [0.5, 0.6) is 5.75 Å². The van der Waals surface area contributed by atoms with Gasteiger partial charge in [0.1, 0.15) is 12.4 Å². The quantitative estimate of drug-likeness (QED) is 0.837. The highest BCUT2D eigenvalue weighted by Crippen LogP contribution is 2.16. The number of carbonyl (C=O) groups is 1. The van der Waals surface area contributed by atoms with Crippen molar-refractivity contribution in [3.8, 4) is 5.75 Å². The third-order valence-electron chi connectivity index (χ3n) is 3.26. The summed E-state index contributed by atoms with van der Waals surface area (Å²) in [5.74, 6) is 0.596. The van der Waals surface area contributed by atoms with Gasteiger partial charge in [-0.3, -0.25) is 4.79 Å². The van der Waals surface area contributed by atoms with Crippen molar-refractivity contribution in [2.24, 2.45) is 5.73 Å². The van der Waals surface area contributed by atoms with Crippen molar-refractivity contribution in [3.63, 3.8) is 0 Å². The van der Waals surface area contributed by atoms with E-state index >= 15 is 0 Å². The monoisotopic (exact) mass is 354 g/mol. The van der Waals surface area contributed by atoms with Crippen molar-refractivity contribution in [1.82, 2.24) is 5.32 Å². The molecule has 2 aromatic rings. The second-order valence-corrected chi connectivity index (χ2v) is 5.42. The lowest BCUT2D eigenvalue weighted by atomic mass is 10.1. The molecule has 0 aliphatic carbocycles. The van der Waals surface area contributed by atoms with E-state index < -0.39 is 6.04 Å². The first kappa shape index (κ1) is 19.3. The number of benzene rings is 2. The molecule has 1 unspecified atom stereocenters. The molecule has 23 heavy (non-hydrogen) atoms. The molecular weight excluding hydrogens is 335 g/mol. The van der Waals surface area contributed by atoms with Crippen molar-refractivity contribution < 1.29 is 9.53 Å². The van der Waals surface area contributed by atoms with Crippen LogP contribution in [-0.2, 0) is 17.8 Å². The van der Waals surface area contributed by atoms with E-state index in [9.17, 15) is 4.79 Å². The number of ether oxygens (including phenoxy) is 1. The van der Waals surface area contributed by atoms with E-state index in [0.29, 0.717) is 18.1 Å². The summed E-state index contributed by atoms with van der Waals surface area (Å²) in [5, 5.41) is 3.23. The number of carbonyl (C=O) groups excluding carboxylic acids is 1. The maximum absolute atomic E-state index is 11.4. The number of hydrogen-bond donors (Lipinski definition) is 2. The Labute approximate surface area is 147 Å². The van der Waals surface area contributed by atoms with Gasteiger partial charge < -0.3 is 15.8 Å². The Morgan fingerprint density at radius 2 is 1.91 bits per heavy atom. The van der Waals surface area contributed by atoms with Crippen LogP contribution in [0.15, 0.2) is 48.5 Å². The van der Waals surface area contributed by atoms with E-state index in [-0.39, 0.29) is 18.3 Å². The summed E-state index contributed by atoms with van der Waals surface area (Å²) in [6.07, 6.45) is 0.494. The second-order valence-electron chi connectivity index (χ2n) is 4.99. The summed E-state index contributed by atoms with van der Waals surface area (Å²) in [5.41, 5.74) is 7.79. The number of halogens is 2. The van der Waals surface area contributed by atoms with E-state index in [1.165, 1.54) is 0 Å². The average Bonchev–Trinajstić information content (AvgIpc) is 2.53. The highest BCUT2D eigenvalue weighted by Gasteiger charge is 2.11. The first-order chi connectivity index (χ1) is 10.6. The zero-order valence-electron chi connectivity index (χ0n) is 12.8. The molecule has 0 radical (unpaired) electrons. The molecule has 0 aromatic heterocycles. The number of rotatable bonds is 6. The average molecular weight is 355 g/mol. The molecule has 0 bridgehead atoms. The second kappa shape index (κ2) is 9.40.